The van der Waals surface area contributed by atoms with Gasteiger partial charge in [-0.3, -0.25) is 10.2 Å². The van der Waals surface area contributed by atoms with E-state index in [4.69, 9.17) is 0 Å². The van der Waals surface area contributed by atoms with E-state index in [2.05, 4.69) is 10.7 Å². The van der Waals surface area contributed by atoms with Crippen molar-refractivity contribution in [3.8, 4) is 0 Å². The van der Waals surface area contributed by atoms with Gasteiger partial charge in [0, 0.05) is 14.0 Å². The molecule has 0 unspecified atom stereocenters. The van der Waals surface area contributed by atoms with Crippen molar-refractivity contribution in [3.63, 3.8) is 0 Å². The quantitative estimate of drug-likeness (QED) is 0.538. The summed E-state index contributed by atoms with van der Waals surface area (Å²) < 4.78 is 0. The Morgan fingerprint density at radius 3 is 2.33 bits per heavy atom. The molecule has 2 N–H and O–H groups in total. The standard InChI is InChI=1S/C7H13N3O2/c1-5(11)9-10(6-3-4-6)7(12)8-2/h6H,3-4H2,1-2H3,(H,8,12)(H,9,11). The zero-order valence-electron chi connectivity index (χ0n) is 7.26. The highest BCUT2D eigenvalue weighted by atomic mass is 16.2. The van der Waals surface area contributed by atoms with Crippen LogP contribution < -0.4 is 10.7 Å². The third kappa shape index (κ3) is 2.11. The van der Waals surface area contributed by atoms with E-state index in [1.165, 1.54) is 11.9 Å². The van der Waals surface area contributed by atoms with Gasteiger partial charge in [-0.15, -0.1) is 0 Å². The van der Waals surface area contributed by atoms with Gasteiger partial charge in [0.05, 0.1) is 6.04 Å². The van der Waals surface area contributed by atoms with Crippen LogP contribution >= 0.6 is 0 Å². The number of urea groups is 1. The van der Waals surface area contributed by atoms with Crippen LogP contribution in [0.2, 0.25) is 0 Å². The van der Waals surface area contributed by atoms with Crippen molar-refractivity contribution < 1.29 is 9.59 Å². The van der Waals surface area contributed by atoms with Crippen LogP contribution in [0.25, 0.3) is 0 Å². The monoisotopic (exact) mass is 171 g/mol. The lowest BCUT2D eigenvalue weighted by molar-refractivity contribution is -0.122. The summed E-state index contributed by atoms with van der Waals surface area (Å²) in [7, 11) is 1.54. The first-order valence-electron chi connectivity index (χ1n) is 3.93. The summed E-state index contributed by atoms with van der Waals surface area (Å²) in [4.78, 5) is 21.8. The van der Waals surface area contributed by atoms with E-state index in [1.807, 2.05) is 0 Å². The second kappa shape index (κ2) is 3.42. The molecule has 3 amide bonds. The molecule has 0 heterocycles. The van der Waals surface area contributed by atoms with Crippen LogP contribution in [0.4, 0.5) is 4.79 Å². The molecule has 0 saturated heterocycles. The van der Waals surface area contributed by atoms with Crippen molar-refractivity contribution in [2.75, 3.05) is 7.05 Å². The summed E-state index contributed by atoms with van der Waals surface area (Å²) in [6.07, 6.45) is 1.93. The number of carbonyl (C=O) groups is 2. The number of nitrogens with one attached hydrogen (secondary N) is 2. The fourth-order valence-corrected chi connectivity index (χ4v) is 0.931. The van der Waals surface area contributed by atoms with Gasteiger partial charge in [0.2, 0.25) is 5.91 Å². The van der Waals surface area contributed by atoms with E-state index in [0.29, 0.717) is 0 Å². The molecule has 1 fully saturated rings. The molecule has 0 aliphatic heterocycles. The molecular weight excluding hydrogens is 158 g/mol. The van der Waals surface area contributed by atoms with Gasteiger partial charge in [0.25, 0.3) is 0 Å². The van der Waals surface area contributed by atoms with Crippen LogP contribution in [0.1, 0.15) is 19.8 Å². The van der Waals surface area contributed by atoms with Crippen LogP contribution in [0.15, 0.2) is 0 Å². The molecule has 0 atom stereocenters. The average Bonchev–Trinajstić information content (AvgIpc) is 2.81. The van der Waals surface area contributed by atoms with Gasteiger partial charge in [-0.1, -0.05) is 0 Å². The molecule has 0 radical (unpaired) electrons. The van der Waals surface area contributed by atoms with Gasteiger partial charge >= 0.3 is 6.03 Å². The zero-order chi connectivity index (χ0) is 9.14. The molecule has 0 aromatic heterocycles. The summed E-state index contributed by atoms with van der Waals surface area (Å²) in [6, 6.07) is -0.0680. The van der Waals surface area contributed by atoms with E-state index in [0.717, 1.165) is 12.8 Å². The van der Waals surface area contributed by atoms with Gasteiger partial charge in [-0.25, -0.2) is 9.80 Å². The van der Waals surface area contributed by atoms with Crippen molar-refractivity contribution in [2.45, 2.75) is 25.8 Å². The second-order valence-electron chi connectivity index (χ2n) is 2.82. The minimum absolute atomic E-state index is 0.189. The first-order chi connectivity index (χ1) is 5.65. The average molecular weight is 171 g/mol. The lowest BCUT2D eigenvalue weighted by Gasteiger charge is -2.21. The molecule has 1 aliphatic carbocycles. The molecular formula is C7H13N3O2. The summed E-state index contributed by atoms with van der Waals surface area (Å²) in [5, 5.41) is 3.81. The maximum absolute atomic E-state index is 11.1. The molecule has 0 aromatic rings. The Balaban J connectivity index is 2.48. The van der Waals surface area contributed by atoms with Gasteiger partial charge in [0.15, 0.2) is 0 Å². The number of rotatable bonds is 1. The third-order valence-corrected chi connectivity index (χ3v) is 1.62. The summed E-state index contributed by atoms with van der Waals surface area (Å²) in [5.41, 5.74) is 2.47. The molecule has 1 rings (SSSR count). The zero-order valence-corrected chi connectivity index (χ0v) is 7.26. The lowest BCUT2D eigenvalue weighted by Crippen LogP contribution is -2.50. The van der Waals surface area contributed by atoms with Gasteiger partial charge in [-0.2, -0.15) is 0 Å². The minimum atomic E-state index is -0.257. The van der Waals surface area contributed by atoms with Gasteiger partial charge < -0.3 is 5.32 Å². The molecule has 12 heavy (non-hydrogen) atoms. The Labute approximate surface area is 71.1 Å². The number of hydrazine groups is 1. The van der Waals surface area contributed by atoms with E-state index in [9.17, 15) is 9.59 Å². The first-order valence-corrected chi connectivity index (χ1v) is 3.93. The number of nitrogens with zero attached hydrogens (tertiary/aromatic N) is 1. The van der Waals surface area contributed by atoms with Crippen molar-refractivity contribution in [1.82, 2.24) is 15.8 Å². The van der Waals surface area contributed by atoms with Crippen molar-refractivity contribution >= 4 is 11.9 Å². The molecule has 5 nitrogen and oxygen atoms in total. The van der Waals surface area contributed by atoms with E-state index in [-0.39, 0.29) is 18.0 Å². The highest BCUT2D eigenvalue weighted by molar-refractivity contribution is 5.80. The van der Waals surface area contributed by atoms with Crippen molar-refractivity contribution in [2.24, 2.45) is 0 Å². The summed E-state index contributed by atoms with van der Waals surface area (Å²) in [6.45, 7) is 1.39. The van der Waals surface area contributed by atoms with Crippen LogP contribution in [-0.2, 0) is 4.79 Å². The normalized spacial score (nSPS) is 15.2. The third-order valence-electron chi connectivity index (χ3n) is 1.62. The van der Waals surface area contributed by atoms with Gasteiger partial charge in [0.1, 0.15) is 0 Å². The topological polar surface area (TPSA) is 61.4 Å². The Morgan fingerprint density at radius 2 is 2.00 bits per heavy atom. The first kappa shape index (κ1) is 8.83. The van der Waals surface area contributed by atoms with Crippen molar-refractivity contribution in [1.29, 1.82) is 0 Å². The predicted molar refractivity (Wildman–Crippen MR) is 43.1 cm³/mol. The molecule has 0 spiro atoms. The number of carbonyl (C=O) groups excluding carboxylic acids is 2. The largest absolute Gasteiger partial charge is 0.340 e. The minimum Gasteiger partial charge on any atom is -0.340 e. The number of hydrogen-bond donors (Lipinski definition) is 2. The molecule has 1 saturated carbocycles. The molecule has 5 heteroatoms. The van der Waals surface area contributed by atoms with Crippen molar-refractivity contribution in [3.05, 3.63) is 0 Å². The fourth-order valence-electron chi connectivity index (χ4n) is 0.931. The van der Waals surface area contributed by atoms with E-state index >= 15 is 0 Å². The van der Waals surface area contributed by atoms with Crippen LogP contribution in [0.3, 0.4) is 0 Å². The Kier molecular flexibility index (Phi) is 2.52. The Hall–Kier alpha value is -1.26. The molecule has 0 bridgehead atoms. The molecule has 0 aromatic carbocycles. The van der Waals surface area contributed by atoms with E-state index < -0.39 is 0 Å². The highest BCUT2D eigenvalue weighted by Crippen LogP contribution is 2.24. The summed E-state index contributed by atoms with van der Waals surface area (Å²) in [5.74, 6) is -0.217. The SMILES string of the molecule is CNC(=O)N(NC(C)=O)C1CC1. The molecule has 68 valence electrons. The Morgan fingerprint density at radius 1 is 1.42 bits per heavy atom. The summed E-state index contributed by atoms with van der Waals surface area (Å²) >= 11 is 0. The lowest BCUT2D eigenvalue weighted by atomic mass is 10.6. The van der Waals surface area contributed by atoms with Crippen LogP contribution in [0.5, 0.6) is 0 Å². The maximum Gasteiger partial charge on any atom is 0.336 e. The molecule has 1 aliphatic rings. The smallest absolute Gasteiger partial charge is 0.336 e. The van der Waals surface area contributed by atoms with E-state index in [1.54, 1.807) is 7.05 Å². The van der Waals surface area contributed by atoms with Crippen LogP contribution in [-0.4, -0.2) is 30.0 Å². The highest BCUT2D eigenvalue weighted by Gasteiger charge is 2.32. The van der Waals surface area contributed by atoms with Crippen LogP contribution in [0, 0.1) is 0 Å². The fraction of sp³-hybridized carbons (Fsp3) is 0.714. The predicted octanol–water partition coefficient (Wildman–Crippen LogP) is -0.159. The second-order valence-corrected chi connectivity index (χ2v) is 2.82. The number of amides is 3. The van der Waals surface area contributed by atoms with Gasteiger partial charge in [-0.05, 0) is 12.8 Å². The Bertz CT molecular complexity index is 201. The number of hydrogen-bond acceptors (Lipinski definition) is 2. The maximum atomic E-state index is 11.1.